The van der Waals surface area contributed by atoms with Crippen LogP contribution in [0.15, 0.2) is 96.0 Å². The SMILES string of the molecule is NC(=NCCc1ccccc1)SC(c1ccccc1)c1ccccc1. The number of amidine groups is 1. The topological polar surface area (TPSA) is 38.4 Å². The minimum atomic E-state index is 0.155. The van der Waals surface area contributed by atoms with E-state index in [-0.39, 0.29) is 5.25 Å². The van der Waals surface area contributed by atoms with Gasteiger partial charge in [-0.25, -0.2) is 0 Å². The molecule has 3 heteroatoms. The molecule has 0 amide bonds. The maximum atomic E-state index is 6.23. The first-order valence-corrected chi connectivity index (χ1v) is 9.31. The van der Waals surface area contributed by atoms with Gasteiger partial charge in [0.25, 0.3) is 0 Å². The van der Waals surface area contributed by atoms with Crippen molar-refractivity contribution in [3.05, 3.63) is 108 Å². The number of aliphatic imine (C=N–C) groups is 1. The molecule has 0 aromatic heterocycles. The van der Waals surface area contributed by atoms with Crippen LogP contribution in [0.2, 0.25) is 0 Å². The summed E-state index contributed by atoms with van der Waals surface area (Å²) < 4.78 is 0. The number of hydrogen-bond acceptors (Lipinski definition) is 2. The lowest BCUT2D eigenvalue weighted by molar-refractivity contribution is 0.969. The first-order valence-electron chi connectivity index (χ1n) is 8.43. The Kier molecular flexibility index (Phi) is 6.29. The molecule has 0 saturated heterocycles. The maximum absolute atomic E-state index is 6.23. The second-order valence-electron chi connectivity index (χ2n) is 5.77. The average Bonchev–Trinajstić information content (AvgIpc) is 2.68. The second-order valence-corrected chi connectivity index (χ2v) is 6.90. The molecule has 0 unspecified atom stereocenters. The quantitative estimate of drug-likeness (QED) is 0.500. The van der Waals surface area contributed by atoms with Crippen molar-refractivity contribution in [2.45, 2.75) is 11.7 Å². The smallest absolute Gasteiger partial charge is 0.154 e. The molecule has 0 saturated carbocycles. The van der Waals surface area contributed by atoms with E-state index in [1.165, 1.54) is 16.7 Å². The van der Waals surface area contributed by atoms with Crippen molar-refractivity contribution in [2.75, 3.05) is 6.54 Å². The minimum Gasteiger partial charge on any atom is -0.379 e. The molecule has 0 fully saturated rings. The van der Waals surface area contributed by atoms with E-state index in [1.807, 2.05) is 18.2 Å². The predicted octanol–water partition coefficient (Wildman–Crippen LogP) is 5.07. The third-order valence-corrected chi connectivity index (χ3v) is 5.10. The van der Waals surface area contributed by atoms with Crippen molar-refractivity contribution in [1.82, 2.24) is 0 Å². The zero-order valence-electron chi connectivity index (χ0n) is 14.1. The first kappa shape index (κ1) is 17.3. The monoisotopic (exact) mass is 346 g/mol. The zero-order chi connectivity index (χ0) is 17.3. The minimum absolute atomic E-state index is 0.155. The molecule has 3 aromatic carbocycles. The molecule has 0 spiro atoms. The predicted molar refractivity (Wildman–Crippen MR) is 109 cm³/mol. The van der Waals surface area contributed by atoms with Gasteiger partial charge in [-0.1, -0.05) is 103 Å². The fraction of sp³-hybridized carbons (Fsp3) is 0.136. The summed E-state index contributed by atoms with van der Waals surface area (Å²) in [5.41, 5.74) is 9.98. The number of nitrogens with two attached hydrogens (primary N) is 1. The number of rotatable bonds is 6. The molecule has 126 valence electrons. The molecule has 0 bridgehead atoms. The summed E-state index contributed by atoms with van der Waals surface area (Å²) in [6, 6.07) is 31.3. The van der Waals surface area contributed by atoms with E-state index in [2.05, 4.69) is 77.8 Å². The van der Waals surface area contributed by atoms with Crippen LogP contribution < -0.4 is 5.73 Å². The Balaban J connectivity index is 1.70. The fourth-order valence-corrected chi connectivity index (χ4v) is 3.68. The van der Waals surface area contributed by atoms with Crippen molar-refractivity contribution < 1.29 is 0 Å². The Labute approximate surface area is 153 Å². The van der Waals surface area contributed by atoms with Gasteiger partial charge >= 0.3 is 0 Å². The van der Waals surface area contributed by atoms with Crippen molar-refractivity contribution >= 4 is 16.9 Å². The normalized spacial score (nSPS) is 11.6. The lowest BCUT2D eigenvalue weighted by Gasteiger charge is -2.17. The Bertz CT molecular complexity index is 747. The van der Waals surface area contributed by atoms with Gasteiger partial charge in [-0.2, -0.15) is 0 Å². The Hall–Kier alpha value is -2.52. The summed E-state index contributed by atoms with van der Waals surface area (Å²) in [5.74, 6) is 0. The van der Waals surface area contributed by atoms with Crippen LogP contribution in [0.3, 0.4) is 0 Å². The molecule has 25 heavy (non-hydrogen) atoms. The molecule has 0 aliphatic heterocycles. The Morgan fingerprint density at radius 2 is 1.24 bits per heavy atom. The van der Waals surface area contributed by atoms with Gasteiger partial charge < -0.3 is 5.73 Å². The lowest BCUT2D eigenvalue weighted by atomic mass is 10.0. The molecule has 0 aliphatic carbocycles. The van der Waals surface area contributed by atoms with Crippen LogP contribution >= 0.6 is 11.8 Å². The lowest BCUT2D eigenvalue weighted by Crippen LogP contribution is -2.12. The summed E-state index contributed by atoms with van der Waals surface area (Å²) in [4.78, 5) is 4.57. The highest BCUT2D eigenvalue weighted by atomic mass is 32.2. The molecule has 0 heterocycles. The number of hydrogen-bond donors (Lipinski definition) is 1. The Morgan fingerprint density at radius 3 is 1.76 bits per heavy atom. The van der Waals surface area contributed by atoms with Crippen LogP contribution in [0.25, 0.3) is 0 Å². The first-order chi connectivity index (χ1) is 12.3. The third kappa shape index (κ3) is 5.23. The van der Waals surface area contributed by atoms with E-state index in [4.69, 9.17) is 5.73 Å². The summed E-state index contributed by atoms with van der Waals surface area (Å²) in [7, 11) is 0. The van der Waals surface area contributed by atoms with Crippen molar-refractivity contribution in [2.24, 2.45) is 10.7 Å². The summed E-state index contributed by atoms with van der Waals surface area (Å²) in [6.07, 6.45) is 0.906. The molecule has 2 N–H and O–H groups in total. The van der Waals surface area contributed by atoms with Gasteiger partial charge in [0.15, 0.2) is 5.17 Å². The van der Waals surface area contributed by atoms with Crippen molar-refractivity contribution in [1.29, 1.82) is 0 Å². The highest BCUT2D eigenvalue weighted by molar-refractivity contribution is 8.14. The van der Waals surface area contributed by atoms with E-state index < -0.39 is 0 Å². The van der Waals surface area contributed by atoms with E-state index in [1.54, 1.807) is 11.8 Å². The van der Waals surface area contributed by atoms with Crippen LogP contribution in [-0.4, -0.2) is 11.7 Å². The van der Waals surface area contributed by atoms with Crippen LogP contribution in [0.4, 0.5) is 0 Å². The average molecular weight is 346 g/mol. The van der Waals surface area contributed by atoms with Crippen LogP contribution in [0, 0.1) is 0 Å². The molecule has 2 nitrogen and oxygen atoms in total. The summed E-state index contributed by atoms with van der Waals surface area (Å²) in [6.45, 7) is 0.707. The zero-order valence-corrected chi connectivity index (χ0v) is 14.9. The Morgan fingerprint density at radius 1 is 0.760 bits per heavy atom. The van der Waals surface area contributed by atoms with E-state index in [0.29, 0.717) is 11.7 Å². The molecule has 3 rings (SSSR count). The molecule has 0 radical (unpaired) electrons. The summed E-state index contributed by atoms with van der Waals surface area (Å²) >= 11 is 1.61. The molecule has 0 aliphatic rings. The molecule has 0 atom stereocenters. The maximum Gasteiger partial charge on any atom is 0.154 e. The number of nitrogens with zero attached hydrogens (tertiary/aromatic N) is 1. The van der Waals surface area contributed by atoms with Gasteiger partial charge in [0.2, 0.25) is 0 Å². The molecular formula is C22H22N2S. The highest BCUT2D eigenvalue weighted by Crippen LogP contribution is 2.35. The second kappa shape index (κ2) is 9.09. The van der Waals surface area contributed by atoms with Gasteiger partial charge in [-0.15, -0.1) is 0 Å². The number of benzene rings is 3. The van der Waals surface area contributed by atoms with Gasteiger partial charge in [0, 0.05) is 6.54 Å². The fourth-order valence-electron chi connectivity index (χ4n) is 2.68. The van der Waals surface area contributed by atoms with E-state index in [9.17, 15) is 0 Å². The van der Waals surface area contributed by atoms with Crippen LogP contribution in [-0.2, 0) is 6.42 Å². The van der Waals surface area contributed by atoms with Crippen LogP contribution in [0.5, 0.6) is 0 Å². The van der Waals surface area contributed by atoms with Gasteiger partial charge in [-0.3, -0.25) is 4.99 Å². The van der Waals surface area contributed by atoms with E-state index in [0.717, 1.165) is 6.42 Å². The van der Waals surface area contributed by atoms with E-state index >= 15 is 0 Å². The van der Waals surface area contributed by atoms with Gasteiger partial charge in [0.1, 0.15) is 0 Å². The van der Waals surface area contributed by atoms with Crippen molar-refractivity contribution in [3.63, 3.8) is 0 Å². The molecule has 3 aromatic rings. The largest absolute Gasteiger partial charge is 0.379 e. The number of thioether (sulfide) groups is 1. The standard InChI is InChI=1S/C22H22N2S/c23-22(24-17-16-18-10-4-1-5-11-18)25-21(19-12-6-2-7-13-19)20-14-8-3-9-15-20/h1-15,21H,16-17H2,(H2,23,24). The van der Waals surface area contributed by atoms with Crippen molar-refractivity contribution in [3.8, 4) is 0 Å². The van der Waals surface area contributed by atoms with Crippen LogP contribution in [0.1, 0.15) is 21.9 Å². The van der Waals surface area contributed by atoms with Gasteiger partial charge in [0.05, 0.1) is 5.25 Å². The van der Waals surface area contributed by atoms with Gasteiger partial charge in [-0.05, 0) is 23.1 Å². The third-order valence-electron chi connectivity index (χ3n) is 3.95. The highest BCUT2D eigenvalue weighted by Gasteiger charge is 2.16. The molecular weight excluding hydrogens is 324 g/mol. The summed E-state index contributed by atoms with van der Waals surface area (Å²) in [5, 5.41) is 0.788.